The average Bonchev–Trinajstić information content (AvgIpc) is 2.41. The van der Waals surface area contributed by atoms with Crippen molar-refractivity contribution in [2.75, 3.05) is 30.9 Å². The third-order valence-corrected chi connectivity index (χ3v) is 12.2. The minimum absolute atomic E-state index is 0.0802. The molecular weight excluding hydrogens is 303 g/mol. The van der Waals surface area contributed by atoms with E-state index in [0.29, 0.717) is 0 Å². The monoisotopic (exact) mass is 338 g/mol. The van der Waals surface area contributed by atoms with Gasteiger partial charge < -0.3 is 0 Å². The molecule has 0 heterocycles. The van der Waals surface area contributed by atoms with Crippen molar-refractivity contribution < 1.29 is 12.4 Å². The Morgan fingerprint density at radius 3 is 1.62 bits per heavy atom. The van der Waals surface area contributed by atoms with E-state index in [9.17, 15) is 8.42 Å². The van der Waals surface area contributed by atoms with Crippen LogP contribution in [-0.4, -0.2) is 39.3 Å². The summed E-state index contributed by atoms with van der Waals surface area (Å²) in [5, 5.41) is 0. The SMILES string of the molecule is C=CCS(=O)(=O)OP(C)(CCCC)(CCCC)CCCC. The summed E-state index contributed by atoms with van der Waals surface area (Å²) >= 11 is 0. The first kappa shape index (κ1) is 21.1. The average molecular weight is 338 g/mol. The third kappa shape index (κ3) is 7.76. The van der Waals surface area contributed by atoms with Crippen LogP contribution in [-0.2, 0) is 14.1 Å². The molecule has 0 saturated carbocycles. The predicted octanol–water partition coefficient (Wildman–Crippen LogP) is 5.02. The van der Waals surface area contributed by atoms with Crippen molar-refractivity contribution in [3.05, 3.63) is 12.7 Å². The van der Waals surface area contributed by atoms with Crippen LogP contribution in [0.1, 0.15) is 59.3 Å². The van der Waals surface area contributed by atoms with Crippen LogP contribution in [0.2, 0.25) is 0 Å². The topological polar surface area (TPSA) is 43.4 Å². The van der Waals surface area contributed by atoms with Gasteiger partial charge in [0.05, 0.1) is 0 Å². The Labute approximate surface area is 132 Å². The first-order valence-electron chi connectivity index (χ1n) is 8.30. The molecule has 0 aliphatic heterocycles. The zero-order valence-electron chi connectivity index (χ0n) is 14.4. The molecule has 3 nitrogen and oxygen atoms in total. The van der Waals surface area contributed by atoms with E-state index in [1.54, 1.807) is 0 Å². The van der Waals surface area contributed by atoms with Crippen LogP contribution in [0.3, 0.4) is 0 Å². The summed E-state index contributed by atoms with van der Waals surface area (Å²) in [4.78, 5) is 0. The van der Waals surface area contributed by atoms with Crippen LogP contribution in [0.25, 0.3) is 0 Å². The van der Waals surface area contributed by atoms with Crippen LogP contribution in [0.5, 0.6) is 0 Å². The summed E-state index contributed by atoms with van der Waals surface area (Å²) in [5.74, 6) is -0.0802. The van der Waals surface area contributed by atoms with E-state index in [2.05, 4.69) is 34.0 Å². The molecule has 0 atom stereocenters. The maximum atomic E-state index is 12.3. The Kier molecular flexibility index (Phi) is 9.31. The van der Waals surface area contributed by atoms with Crippen molar-refractivity contribution in [2.24, 2.45) is 0 Å². The van der Waals surface area contributed by atoms with E-state index >= 15 is 0 Å². The maximum absolute atomic E-state index is 12.3. The van der Waals surface area contributed by atoms with Crippen molar-refractivity contribution >= 4 is 16.9 Å². The molecule has 21 heavy (non-hydrogen) atoms. The molecule has 0 aromatic rings. The van der Waals surface area contributed by atoms with Crippen LogP contribution < -0.4 is 0 Å². The Hall–Kier alpha value is 0.0800. The quantitative estimate of drug-likeness (QED) is 0.350. The van der Waals surface area contributed by atoms with Gasteiger partial charge in [0.2, 0.25) is 0 Å². The van der Waals surface area contributed by atoms with E-state index in [4.69, 9.17) is 3.97 Å². The molecule has 0 N–H and O–H groups in total. The van der Waals surface area contributed by atoms with Crippen molar-refractivity contribution in [3.63, 3.8) is 0 Å². The molecule has 5 heteroatoms. The fraction of sp³-hybridized carbons (Fsp3) is 0.875. The summed E-state index contributed by atoms with van der Waals surface area (Å²) in [6.07, 6.45) is 10.6. The van der Waals surface area contributed by atoms with Crippen molar-refractivity contribution in [2.45, 2.75) is 59.3 Å². The van der Waals surface area contributed by atoms with Gasteiger partial charge in [-0.25, -0.2) is 0 Å². The molecule has 0 unspecified atom stereocenters. The van der Waals surface area contributed by atoms with Gasteiger partial charge >= 0.3 is 132 Å². The third-order valence-electron chi connectivity index (χ3n) is 4.10. The Morgan fingerprint density at radius 1 is 0.952 bits per heavy atom. The van der Waals surface area contributed by atoms with Crippen molar-refractivity contribution in [3.8, 4) is 0 Å². The molecule has 0 rings (SSSR count). The van der Waals surface area contributed by atoms with E-state index in [1.165, 1.54) is 6.08 Å². The standard InChI is InChI=1S/C16H35O3PS/c1-6-10-13-20(5,14-11-7-2,15-12-8-3)19-21(17,18)16-9-4/h9H,4,6-8,10-16H2,1-3,5H3. The van der Waals surface area contributed by atoms with Crippen molar-refractivity contribution in [1.29, 1.82) is 0 Å². The van der Waals surface area contributed by atoms with Crippen molar-refractivity contribution in [1.82, 2.24) is 0 Å². The summed E-state index contributed by atoms with van der Waals surface area (Å²) in [7, 11) is -3.50. The molecule has 0 spiro atoms. The summed E-state index contributed by atoms with van der Waals surface area (Å²) in [6.45, 7) is 9.50. The molecule has 128 valence electrons. The van der Waals surface area contributed by atoms with Gasteiger partial charge in [-0.15, -0.1) is 0 Å². The van der Waals surface area contributed by atoms with E-state index in [-0.39, 0.29) is 5.75 Å². The number of rotatable bonds is 13. The molecule has 0 fully saturated rings. The number of hydrogen-bond donors (Lipinski definition) is 0. The molecule has 0 bridgehead atoms. The van der Waals surface area contributed by atoms with Gasteiger partial charge in [-0.1, -0.05) is 0 Å². The van der Waals surface area contributed by atoms with E-state index < -0.39 is 16.9 Å². The van der Waals surface area contributed by atoms with Crippen LogP contribution in [0.15, 0.2) is 12.7 Å². The molecule has 0 aliphatic carbocycles. The molecule has 0 amide bonds. The Balaban J connectivity index is 5.46. The fourth-order valence-electron chi connectivity index (χ4n) is 2.79. The van der Waals surface area contributed by atoms with Gasteiger partial charge in [-0.3, -0.25) is 0 Å². The normalized spacial score (nSPS) is 14.6. The van der Waals surface area contributed by atoms with Gasteiger partial charge in [-0.2, -0.15) is 0 Å². The van der Waals surface area contributed by atoms with Gasteiger partial charge in [0, 0.05) is 0 Å². The van der Waals surface area contributed by atoms with Gasteiger partial charge in [0.1, 0.15) is 0 Å². The summed E-state index contributed by atoms with van der Waals surface area (Å²) < 4.78 is 30.6. The molecular formula is C16H35O3PS. The Morgan fingerprint density at radius 2 is 1.33 bits per heavy atom. The second-order valence-corrected chi connectivity index (χ2v) is 14.3. The van der Waals surface area contributed by atoms with Gasteiger partial charge in [0.15, 0.2) is 0 Å². The van der Waals surface area contributed by atoms with Gasteiger partial charge in [0.25, 0.3) is 0 Å². The fourth-order valence-corrected chi connectivity index (χ4v) is 11.3. The zero-order chi connectivity index (χ0) is 16.4. The molecule has 0 aliphatic rings. The number of unbranched alkanes of at least 4 members (excludes halogenated alkanes) is 3. The van der Waals surface area contributed by atoms with Gasteiger partial charge in [-0.05, 0) is 0 Å². The second kappa shape index (κ2) is 9.27. The summed E-state index contributed by atoms with van der Waals surface area (Å²) in [6, 6.07) is 0. The molecule has 0 radical (unpaired) electrons. The number of hydrogen-bond acceptors (Lipinski definition) is 3. The first-order chi connectivity index (χ1) is 9.75. The second-order valence-electron chi connectivity index (χ2n) is 6.51. The molecule has 0 aromatic heterocycles. The molecule has 0 aromatic carbocycles. The van der Waals surface area contributed by atoms with E-state index in [1.807, 2.05) is 0 Å². The van der Waals surface area contributed by atoms with Crippen LogP contribution in [0, 0.1) is 0 Å². The van der Waals surface area contributed by atoms with E-state index in [0.717, 1.165) is 57.0 Å². The predicted molar refractivity (Wildman–Crippen MR) is 97.2 cm³/mol. The minimum atomic E-state index is -3.50. The van der Waals surface area contributed by atoms with Crippen LogP contribution in [0.4, 0.5) is 0 Å². The summed E-state index contributed by atoms with van der Waals surface area (Å²) in [5.41, 5.74) is 0. The molecule has 0 saturated heterocycles. The van der Waals surface area contributed by atoms with Crippen LogP contribution >= 0.6 is 6.83 Å². The first-order valence-corrected chi connectivity index (χ1v) is 13.0. The Bertz CT molecular complexity index is 379. The zero-order valence-corrected chi connectivity index (χ0v) is 16.1.